The molecular formula is C14H22ClN3O2S. The van der Waals surface area contributed by atoms with E-state index in [-0.39, 0.29) is 10.9 Å². The molecule has 0 spiro atoms. The third-order valence-corrected chi connectivity index (χ3v) is 5.50. The van der Waals surface area contributed by atoms with Gasteiger partial charge < -0.3 is 5.32 Å². The Morgan fingerprint density at radius 1 is 1.43 bits per heavy atom. The van der Waals surface area contributed by atoms with Gasteiger partial charge in [-0.05, 0) is 31.7 Å². The summed E-state index contributed by atoms with van der Waals surface area (Å²) in [5, 5.41) is 3.30. The number of halogens is 1. The Balaban J connectivity index is 2.13. The van der Waals surface area contributed by atoms with E-state index < -0.39 is 10.0 Å². The monoisotopic (exact) mass is 331 g/mol. The maximum Gasteiger partial charge on any atom is 0.242 e. The summed E-state index contributed by atoms with van der Waals surface area (Å²) < 4.78 is 27.6. The van der Waals surface area contributed by atoms with Crippen molar-refractivity contribution in [2.24, 2.45) is 5.92 Å². The van der Waals surface area contributed by atoms with E-state index in [1.807, 2.05) is 6.92 Å². The van der Waals surface area contributed by atoms with Crippen LogP contribution in [0, 0.1) is 5.92 Å². The zero-order chi connectivity index (χ0) is 15.5. The topological polar surface area (TPSA) is 71.1 Å². The molecule has 118 valence electrons. The first-order valence-corrected chi connectivity index (χ1v) is 9.20. The molecule has 0 bridgehead atoms. The van der Waals surface area contributed by atoms with Crippen LogP contribution in [-0.2, 0) is 10.0 Å². The SMILES string of the molecule is CCNc1ncc(S(=O)(=O)NC2CCCC(C)C2)cc1Cl. The van der Waals surface area contributed by atoms with E-state index in [4.69, 9.17) is 11.6 Å². The van der Waals surface area contributed by atoms with E-state index in [0.717, 1.165) is 19.3 Å². The van der Waals surface area contributed by atoms with Gasteiger partial charge in [0.2, 0.25) is 10.0 Å². The molecule has 0 amide bonds. The molecule has 7 heteroatoms. The van der Waals surface area contributed by atoms with Crippen molar-refractivity contribution in [3.8, 4) is 0 Å². The molecule has 1 aliphatic carbocycles. The lowest BCUT2D eigenvalue weighted by molar-refractivity contribution is 0.327. The quantitative estimate of drug-likeness (QED) is 0.870. The number of hydrogen-bond donors (Lipinski definition) is 2. The summed E-state index contributed by atoms with van der Waals surface area (Å²) in [6, 6.07) is 1.45. The largest absolute Gasteiger partial charge is 0.369 e. The van der Waals surface area contributed by atoms with Crippen molar-refractivity contribution >= 4 is 27.4 Å². The lowest BCUT2D eigenvalue weighted by atomic mass is 9.88. The van der Waals surface area contributed by atoms with Crippen LogP contribution in [0.3, 0.4) is 0 Å². The van der Waals surface area contributed by atoms with Crippen LogP contribution >= 0.6 is 11.6 Å². The minimum absolute atomic E-state index is 0.00553. The summed E-state index contributed by atoms with van der Waals surface area (Å²) in [6.45, 7) is 4.76. The standard InChI is InChI=1S/C14H22ClN3O2S/c1-3-16-14-13(15)8-12(9-17-14)21(19,20)18-11-6-4-5-10(2)7-11/h8-11,18H,3-7H2,1-2H3,(H,16,17). The summed E-state index contributed by atoms with van der Waals surface area (Å²) in [4.78, 5) is 4.20. The molecule has 1 fully saturated rings. The van der Waals surface area contributed by atoms with Crippen molar-refractivity contribution in [3.05, 3.63) is 17.3 Å². The molecular weight excluding hydrogens is 310 g/mol. The lowest BCUT2D eigenvalue weighted by Crippen LogP contribution is -2.38. The molecule has 1 aromatic rings. The maximum absolute atomic E-state index is 12.4. The summed E-state index contributed by atoms with van der Waals surface area (Å²) in [5.41, 5.74) is 0. The number of nitrogens with zero attached hydrogens (tertiary/aromatic N) is 1. The van der Waals surface area contributed by atoms with Gasteiger partial charge in [0.25, 0.3) is 0 Å². The van der Waals surface area contributed by atoms with E-state index in [0.29, 0.717) is 23.3 Å². The van der Waals surface area contributed by atoms with Gasteiger partial charge in [0.1, 0.15) is 10.7 Å². The first-order chi connectivity index (χ1) is 9.92. The minimum Gasteiger partial charge on any atom is -0.369 e. The minimum atomic E-state index is -3.56. The molecule has 0 aromatic carbocycles. The molecule has 0 radical (unpaired) electrons. The van der Waals surface area contributed by atoms with Gasteiger partial charge in [0, 0.05) is 18.8 Å². The predicted octanol–water partition coefficient (Wildman–Crippen LogP) is 3.02. The van der Waals surface area contributed by atoms with Gasteiger partial charge in [-0.2, -0.15) is 0 Å². The van der Waals surface area contributed by atoms with Crippen LogP contribution < -0.4 is 10.0 Å². The number of pyridine rings is 1. The Labute approximate surface area is 131 Å². The number of anilines is 1. The highest BCUT2D eigenvalue weighted by Crippen LogP contribution is 2.26. The molecule has 2 unspecified atom stereocenters. The third-order valence-electron chi connectivity index (χ3n) is 3.73. The Morgan fingerprint density at radius 3 is 2.81 bits per heavy atom. The van der Waals surface area contributed by atoms with E-state index in [9.17, 15) is 8.42 Å². The van der Waals surface area contributed by atoms with Crippen LogP contribution in [0.4, 0.5) is 5.82 Å². The molecule has 1 aromatic heterocycles. The van der Waals surface area contributed by atoms with Crippen molar-refractivity contribution in [3.63, 3.8) is 0 Å². The van der Waals surface area contributed by atoms with E-state index in [1.165, 1.54) is 18.7 Å². The summed E-state index contributed by atoms with van der Waals surface area (Å²) >= 11 is 6.06. The predicted molar refractivity (Wildman–Crippen MR) is 85.2 cm³/mol. The summed E-state index contributed by atoms with van der Waals surface area (Å²) in [5.74, 6) is 1.06. The van der Waals surface area contributed by atoms with Crippen LogP contribution in [0.25, 0.3) is 0 Å². The smallest absolute Gasteiger partial charge is 0.242 e. The van der Waals surface area contributed by atoms with E-state index in [1.54, 1.807) is 0 Å². The van der Waals surface area contributed by atoms with Crippen molar-refractivity contribution < 1.29 is 8.42 Å². The maximum atomic E-state index is 12.4. The van der Waals surface area contributed by atoms with Crippen molar-refractivity contribution in [1.29, 1.82) is 0 Å². The molecule has 0 saturated heterocycles. The Kier molecular flexibility index (Phi) is 5.46. The fourth-order valence-electron chi connectivity index (χ4n) is 2.69. The molecule has 5 nitrogen and oxygen atoms in total. The molecule has 2 atom stereocenters. The summed E-state index contributed by atoms with van der Waals surface area (Å²) in [6.07, 6.45) is 5.35. The normalized spacial score (nSPS) is 23.0. The molecule has 1 saturated carbocycles. The Morgan fingerprint density at radius 2 is 2.19 bits per heavy atom. The second-order valence-electron chi connectivity index (χ2n) is 5.62. The lowest BCUT2D eigenvalue weighted by Gasteiger charge is -2.27. The molecule has 21 heavy (non-hydrogen) atoms. The van der Waals surface area contributed by atoms with Crippen LogP contribution in [0.5, 0.6) is 0 Å². The molecule has 0 aliphatic heterocycles. The molecule has 1 aliphatic rings. The van der Waals surface area contributed by atoms with Crippen molar-refractivity contribution in [2.75, 3.05) is 11.9 Å². The van der Waals surface area contributed by atoms with Gasteiger partial charge in [-0.1, -0.05) is 31.4 Å². The van der Waals surface area contributed by atoms with Crippen molar-refractivity contribution in [2.45, 2.75) is 50.5 Å². The molecule has 1 heterocycles. The Hall–Kier alpha value is -0.850. The van der Waals surface area contributed by atoms with Crippen LogP contribution in [-0.4, -0.2) is 26.0 Å². The second kappa shape index (κ2) is 6.94. The van der Waals surface area contributed by atoms with E-state index >= 15 is 0 Å². The summed E-state index contributed by atoms with van der Waals surface area (Å²) in [7, 11) is -3.56. The zero-order valence-corrected chi connectivity index (χ0v) is 14.0. The highest BCUT2D eigenvalue weighted by Gasteiger charge is 2.25. The van der Waals surface area contributed by atoms with Gasteiger partial charge in [-0.25, -0.2) is 18.1 Å². The van der Waals surface area contributed by atoms with Gasteiger partial charge in [0.15, 0.2) is 0 Å². The number of rotatable bonds is 5. The van der Waals surface area contributed by atoms with Crippen LogP contribution in [0.15, 0.2) is 17.2 Å². The first-order valence-electron chi connectivity index (χ1n) is 7.34. The Bertz CT molecular complexity index is 592. The number of aromatic nitrogens is 1. The van der Waals surface area contributed by atoms with Gasteiger partial charge >= 0.3 is 0 Å². The van der Waals surface area contributed by atoms with Crippen molar-refractivity contribution in [1.82, 2.24) is 9.71 Å². The number of hydrogen-bond acceptors (Lipinski definition) is 4. The number of nitrogens with one attached hydrogen (secondary N) is 2. The fraction of sp³-hybridized carbons (Fsp3) is 0.643. The van der Waals surface area contributed by atoms with Crippen LogP contribution in [0.1, 0.15) is 39.5 Å². The zero-order valence-electron chi connectivity index (χ0n) is 12.4. The van der Waals surface area contributed by atoms with Gasteiger partial charge in [-0.3, -0.25) is 0 Å². The average Bonchev–Trinajstić information content (AvgIpc) is 2.40. The first kappa shape index (κ1) is 16.5. The molecule has 2 N–H and O–H groups in total. The molecule has 2 rings (SSSR count). The van der Waals surface area contributed by atoms with E-state index in [2.05, 4.69) is 21.9 Å². The van der Waals surface area contributed by atoms with Gasteiger partial charge in [-0.15, -0.1) is 0 Å². The number of sulfonamides is 1. The third kappa shape index (κ3) is 4.31. The van der Waals surface area contributed by atoms with Crippen LogP contribution in [0.2, 0.25) is 5.02 Å². The average molecular weight is 332 g/mol. The second-order valence-corrected chi connectivity index (χ2v) is 7.74. The highest BCUT2D eigenvalue weighted by atomic mass is 35.5. The fourth-order valence-corrected chi connectivity index (χ4v) is 4.24. The van der Waals surface area contributed by atoms with Gasteiger partial charge in [0.05, 0.1) is 5.02 Å². The highest BCUT2D eigenvalue weighted by molar-refractivity contribution is 7.89.